The molecule has 85 heavy (non-hydrogen) atoms. The Morgan fingerprint density at radius 1 is 0.329 bits per heavy atom. The number of phosphoric ester groups is 2. The maximum absolute atomic E-state index is 13.0. The molecular weight excluding hydrogens is 1130 g/mol. The summed E-state index contributed by atoms with van der Waals surface area (Å²) in [6, 6.07) is 0. The predicted octanol–water partition coefficient (Wildman–Crippen LogP) is 18.1. The van der Waals surface area contributed by atoms with Gasteiger partial charge in [-0.05, 0) is 49.4 Å². The Balaban J connectivity index is 5.24. The maximum atomic E-state index is 13.0. The van der Waals surface area contributed by atoms with E-state index in [2.05, 4.69) is 55.4 Å². The van der Waals surface area contributed by atoms with Crippen LogP contribution in [0.2, 0.25) is 0 Å². The molecule has 0 radical (unpaired) electrons. The van der Waals surface area contributed by atoms with Crippen LogP contribution in [0.5, 0.6) is 0 Å². The Morgan fingerprint density at radius 2 is 0.565 bits per heavy atom. The Hall–Kier alpha value is -1.94. The molecule has 19 heteroatoms. The van der Waals surface area contributed by atoms with Crippen molar-refractivity contribution in [2.45, 2.75) is 337 Å². The first-order chi connectivity index (χ1) is 40.6. The molecule has 504 valence electrons. The second-order valence-corrected chi connectivity index (χ2v) is 28.4. The smallest absolute Gasteiger partial charge is 0.462 e. The van der Waals surface area contributed by atoms with Crippen molar-refractivity contribution in [2.75, 3.05) is 39.6 Å². The molecule has 0 rings (SSSR count). The van der Waals surface area contributed by atoms with Crippen molar-refractivity contribution in [3.63, 3.8) is 0 Å². The summed E-state index contributed by atoms with van der Waals surface area (Å²) in [6.07, 6.45) is 36.3. The molecule has 0 aromatic rings. The standard InChI is InChI=1S/C66H128O17P2/c1-9-59(8)45-37-29-21-12-10-11-13-22-30-38-46-63(68)76-52-61(82-65(70)48-40-32-23-15-14-18-26-34-42-56(2)3)54-80-84(72,73)78-50-60(67)51-79-85(74,75)81-55-62(83-66(71)49-41-33-25-17-20-28-36-44-58(6)7)53-77-64(69)47-39-31-24-16-19-27-35-43-57(4)5/h56-62,67H,9-55H2,1-8H3,(H,72,73)(H,74,75)/t59?,60?,61-,62-/m1/s1. The lowest BCUT2D eigenvalue weighted by Crippen LogP contribution is -2.30. The van der Waals surface area contributed by atoms with Gasteiger partial charge < -0.3 is 33.8 Å². The van der Waals surface area contributed by atoms with Gasteiger partial charge in [0.05, 0.1) is 26.4 Å². The molecule has 0 amide bonds. The molecule has 0 saturated heterocycles. The van der Waals surface area contributed by atoms with Crippen molar-refractivity contribution < 1.29 is 80.2 Å². The van der Waals surface area contributed by atoms with Crippen LogP contribution in [0.1, 0.15) is 319 Å². The monoisotopic (exact) mass is 1250 g/mol. The number of esters is 4. The Kier molecular flexibility index (Phi) is 54.8. The van der Waals surface area contributed by atoms with Gasteiger partial charge in [-0.1, -0.05) is 267 Å². The van der Waals surface area contributed by atoms with Gasteiger partial charge in [0, 0.05) is 25.7 Å². The van der Waals surface area contributed by atoms with Crippen molar-refractivity contribution in [1.82, 2.24) is 0 Å². The van der Waals surface area contributed by atoms with Crippen LogP contribution in [-0.4, -0.2) is 96.7 Å². The van der Waals surface area contributed by atoms with E-state index in [1.807, 2.05) is 0 Å². The van der Waals surface area contributed by atoms with Crippen molar-refractivity contribution in [2.24, 2.45) is 23.7 Å². The van der Waals surface area contributed by atoms with E-state index in [0.29, 0.717) is 37.5 Å². The predicted molar refractivity (Wildman–Crippen MR) is 340 cm³/mol. The van der Waals surface area contributed by atoms with Gasteiger partial charge in [0.1, 0.15) is 19.3 Å². The molecule has 0 aromatic heterocycles. The van der Waals surface area contributed by atoms with E-state index in [9.17, 15) is 43.2 Å². The van der Waals surface area contributed by atoms with E-state index in [1.54, 1.807) is 0 Å². The molecule has 0 aliphatic carbocycles. The summed E-state index contributed by atoms with van der Waals surface area (Å²) in [6.45, 7) is 14.0. The molecule has 0 bridgehead atoms. The minimum absolute atomic E-state index is 0.102. The van der Waals surface area contributed by atoms with Gasteiger partial charge >= 0.3 is 39.5 Å². The summed E-state index contributed by atoms with van der Waals surface area (Å²) in [5.74, 6) is 0.790. The number of hydrogen-bond donors (Lipinski definition) is 3. The lowest BCUT2D eigenvalue weighted by Gasteiger charge is -2.21. The lowest BCUT2D eigenvalue weighted by atomic mass is 9.99. The topological polar surface area (TPSA) is 237 Å². The van der Waals surface area contributed by atoms with Crippen LogP contribution in [0, 0.1) is 23.7 Å². The zero-order chi connectivity index (χ0) is 63.2. The molecule has 4 unspecified atom stereocenters. The first-order valence-electron chi connectivity index (χ1n) is 34.2. The highest BCUT2D eigenvalue weighted by Crippen LogP contribution is 2.45. The fourth-order valence-electron chi connectivity index (χ4n) is 9.75. The van der Waals surface area contributed by atoms with Gasteiger partial charge in [-0.2, -0.15) is 0 Å². The summed E-state index contributed by atoms with van der Waals surface area (Å²) >= 11 is 0. The number of ether oxygens (including phenoxy) is 4. The molecule has 6 atom stereocenters. The normalized spacial score (nSPS) is 14.7. The molecule has 0 spiro atoms. The number of phosphoric acid groups is 2. The van der Waals surface area contributed by atoms with Crippen molar-refractivity contribution in [3.05, 3.63) is 0 Å². The highest BCUT2D eigenvalue weighted by atomic mass is 31.2. The van der Waals surface area contributed by atoms with Gasteiger partial charge in [-0.25, -0.2) is 9.13 Å². The fourth-order valence-corrected chi connectivity index (χ4v) is 11.3. The highest BCUT2D eigenvalue weighted by Gasteiger charge is 2.30. The minimum Gasteiger partial charge on any atom is -0.462 e. The molecule has 3 N–H and O–H groups in total. The third-order valence-corrected chi connectivity index (χ3v) is 17.3. The number of hydrogen-bond acceptors (Lipinski definition) is 15. The quantitative estimate of drug-likeness (QED) is 0.0222. The number of carbonyl (C=O) groups is 4. The average Bonchev–Trinajstić information content (AvgIpc) is 3.46. The first-order valence-corrected chi connectivity index (χ1v) is 37.2. The Bertz CT molecular complexity index is 1700. The van der Waals surface area contributed by atoms with E-state index < -0.39 is 97.5 Å². The number of aliphatic hydroxyl groups excluding tert-OH is 1. The molecular formula is C66H128O17P2. The summed E-state index contributed by atoms with van der Waals surface area (Å²) in [7, 11) is -9.89. The zero-order valence-electron chi connectivity index (χ0n) is 55.2. The van der Waals surface area contributed by atoms with Gasteiger partial charge in [-0.3, -0.25) is 37.3 Å². The number of aliphatic hydroxyl groups is 1. The number of rotatable bonds is 63. The third kappa shape index (κ3) is 59.5. The van der Waals surface area contributed by atoms with Gasteiger partial charge in [0.15, 0.2) is 12.2 Å². The van der Waals surface area contributed by atoms with Gasteiger partial charge in [-0.15, -0.1) is 0 Å². The van der Waals surface area contributed by atoms with Crippen LogP contribution < -0.4 is 0 Å². The summed E-state index contributed by atoms with van der Waals surface area (Å²) < 4.78 is 68.1. The van der Waals surface area contributed by atoms with E-state index in [-0.39, 0.29) is 25.7 Å². The van der Waals surface area contributed by atoms with Crippen LogP contribution in [-0.2, 0) is 65.4 Å². The largest absolute Gasteiger partial charge is 0.472 e. The summed E-state index contributed by atoms with van der Waals surface area (Å²) in [4.78, 5) is 72.3. The van der Waals surface area contributed by atoms with Crippen LogP contribution in [0.4, 0.5) is 0 Å². The van der Waals surface area contributed by atoms with Crippen molar-refractivity contribution in [1.29, 1.82) is 0 Å². The maximum Gasteiger partial charge on any atom is 0.472 e. The molecule has 0 heterocycles. The Morgan fingerprint density at radius 3 is 0.835 bits per heavy atom. The van der Waals surface area contributed by atoms with Crippen LogP contribution >= 0.6 is 15.6 Å². The van der Waals surface area contributed by atoms with Crippen LogP contribution in [0.25, 0.3) is 0 Å². The number of unbranched alkanes of at least 4 members (excludes halogenated alkanes) is 28. The molecule has 17 nitrogen and oxygen atoms in total. The van der Waals surface area contributed by atoms with Crippen molar-refractivity contribution in [3.8, 4) is 0 Å². The average molecular weight is 1260 g/mol. The van der Waals surface area contributed by atoms with Gasteiger partial charge in [0.25, 0.3) is 0 Å². The molecule has 0 aliphatic heterocycles. The van der Waals surface area contributed by atoms with Gasteiger partial charge in [0.2, 0.25) is 0 Å². The Labute approximate surface area is 517 Å². The molecule has 0 fully saturated rings. The fraction of sp³-hybridized carbons (Fsp3) is 0.939. The molecule has 0 saturated carbocycles. The first kappa shape index (κ1) is 83.1. The van der Waals surface area contributed by atoms with E-state index in [4.69, 9.17) is 37.0 Å². The van der Waals surface area contributed by atoms with E-state index in [1.165, 1.54) is 116 Å². The lowest BCUT2D eigenvalue weighted by molar-refractivity contribution is -0.161. The summed E-state index contributed by atoms with van der Waals surface area (Å²) in [5, 5.41) is 10.5. The van der Waals surface area contributed by atoms with E-state index >= 15 is 0 Å². The minimum atomic E-state index is -4.95. The molecule has 0 aromatic carbocycles. The zero-order valence-corrected chi connectivity index (χ0v) is 57.0. The van der Waals surface area contributed by atoms with Crippen molar-refractivity contribution >= 4 is 39.5 Å². The second kappa shape index (κ2) is 56.1. The van der Waals surface area contributed by atoms with Crippen LogP contribution in [0.15, 0.2) is 0 Å². The third-order valence-electron chi connectivity index (χ3n) is 15.4. The number of carbonyl (C=O) groups excluding carboxylic acids is 4. The highest BCUT2D eigenvalue weighted by molar-refractivity contribution is 7.47. The van der Waals surface area contributed by atoms with Crippen LogP contribution in [0.3, 0.4) is 0 Å². The summed E-state index contributed by atoms with van der Waals surface area (Å²) in [5.41, 5.74) is 0. The SMILES string of the molecule is CCC(C)CCCCCCCCCCCCC(=O)OC[C@H](COP(=O)(O)OCC(O)COP(=O)(O)OC[C@@H](COC(=O)CCCCCCCCCC(C)C)OC(=O)CCCCCCCCCC(C)C)OC(=O)CCCCCCCCCCC(C)C. The molecule has 0 aliphatic rings. The van der Waals surface area contributed by atoms with E-state index in [0.717, 1.165) is 108 Å². The second-order valence-electron chi connectivity index (χ2n) is 25.5.